The van der Waals surface area contributed by atoms with Gasteiger partial charge >= 0.3 is 0 Å². The summed E-state index contributed by atoms with van der Waals surface area (Å²) >= 11 is 3.62. The van der Waals surface area contributed by atoms with Gasteiger partial charge in [0.25, 0.3) is 0 Å². The number of hydrogen-bond acceptors (Lipinski definition) is 5. The third-order valence-electron chi connectivity index (χ3n) is 11.6. The fourth-order valence-electron chi connectivity index (χ4n) is 9.21. The fraction of sp³-hybridized carbons (Fsp3) is 0.0192. The van der Waals surface area contributed by atoms with Gasteiger partial charge in [0.1, 0.15) is 0 Å². The van der Waals surface area contributed by atoms with Gasteiger partial charge in [0.2, 0.25) is 0 Å². The molecule has 57 heavy (non-hydrogen) atoms. The van der Waals surface area contributed by atoms with Crippen LogP contribution in [0.3, 0.4) is 0 Å². The molecule has 3 aromatic heterocycles. The van der Waals surface area contributed by atoms with Crippen molar-refractivity contribution in [2.24, 2.45) is 0 Å². The van der Waals surface area contributed by atoms with Crippen LogP contribution in [0.5, 0.6) is 0 Å². The molecule has 0 fully saturated rings. The van der Waals surface area contributed by atoms with E-state index in [9.17, 15) is 0 Å². The number of thiophene rings is 2. The number of hydrogen-bond donors (Lipinski definition) is 0. The van der Waals surface area contributed by atoms with Crippen LogP contribution in [0, 0.1) is 0 Å². The highest BCUT2D eigenvalue weighted by Crippen LogP contribution is 2.58. The average molecular weight is 762 g/mol. The molecule has 0 unspecified atom stereocenters. The van der Waals surface area contributed by atoms with Gasteiger partial charge in [0.05, 0.1) is 5.41 Å². The van der Waals surface area contributed by atoms with E-state index in [1.807, 2.05) is 11.3 Å². The SMILES string of the molecule is c1ccc(C2(c3ccccc3)c3ccccc3-c3c(-c4nc(-c5ccc6sc7ccccc7c6c5)nc(-c5cccc6c5sc5ccccc56)n4)cccc32)cc1. The Balaban J connectivity index is 1.16. The number of rotatable bonds is 5. The van der Waals surface area contributed by atoms with Gasteiger partial charge in [-0.3, -0.25) is 0 Å². The maximum atomic E-state index is 5.45. The Hall–Kier alpha value is -6.79. The summed E-state index contributed by atoms with van der Waals surface area (Å²) in [4.78, 5) is 16.2. The van der Waals surface area contributed by atoms with Crippen molar-refractivity contribution in [2.45, 2.75) is 5.41 Å². The maximum Gasteiger partial charge on any atom is 0.165 e. The molecule has 0 N–H and O–H groups in total. The molecule has 0 saturated heterocycles. The molecule has 266 valence electrons. The summed E-state index contributed by atoms with van der Waals surface area (Å²) in [6.07, 6.45) is 0. The molecule has 0 atom stereocenters. The van der Waals surface area contributed by atoms with Gasteiger partial charge in [-0.05, 0) is 69.8 Å². The number of fused-ring (bicyclic) bond motifs is 9. The molecule has 1 aliphatic rings. The Bertz CT molecular complexity index is 3320. The standard InChI is InChI=1S/C52H31N3S2/c1-3-15-33(16-4-1)52(34-17-5-2-6-18-34)42-25-10-7-21-38(42)47-39(23-14-26-43(47)52)50-53-49(32-29-30-46-41(31-32)36-20-9-11-27-44(36)56-46)54-51(55-50)40-24-13-22-37-35-19-8-12-28-45(35)57-48(37)40/h1-31H. The molecule has 0 amide bonds. The lowest BCUT2D eigenvalue weighted by molar-refractivity contribution is 0.768. The summed E-state index contributed by atoms with van der Waals surface area (Å²) in [5.41, 5.74) is 9.71. The van der Waals surface area contributed by atoms with E-state index < -0.39 is 5.41 Å². The molecule has 0 radical (unpaired) electrons. The van der Waals surface area contributed by atoms with Gasteiger partial charge in [-0.2, -0.15) is 0 Å². The molecular formula is C52H31N3S2. The molecule has 1 aliphatic carbocycles. The van der Waals surface area contributed by atoms with Crippen LogP contribution in [-0.2, 0) is 5.41 Å². The summed E-state index contributed by atoms with van der Waals surface area (Å²) in [5, 5.41) is 4.93. The second-order valence-electron chi connectivity index (χ2n) is 14.7. The van der Waals surface area contributed by atoms with Crippen LogP contribution in [-0.4, -0.2) is 15.0 Å². The van der Waals surface area contributed by atoms with Crippen LogP contribution in [0.1, 0.15) is 22.3 Å². The molecule has 8 aromatic carbocycles. The van der Waals surface area contributed by atoms with E-state index in [-0.39, 0.29) is 0 Å². The quantitative estimate of drug-likeness (QED) is 0.175. The van der Waals surface area contributed by atoms with Gasteiger partial charge < -0.3 is 0 Å². The largest absolute Gasteiger partial charge is 0.208 e. The molecule has 0 aliphatic heterocycles. The third-order valence-corrected chi connectivity index (χ3v) is 14.0. The first-order chi connectivity index (χ1) is 28.3. The zero-order chi connectivity index (χ0) is 37.5. The Morgan fingerprint density at radius 2 is 0.877 bits per heavy atom. The van der Waals surface area contributed by atoms with E-state index in [1.165, 1.54) is 68.2 Å². The minimum Gasteiger partial charge on any atom is -0.208 e. The van der Waals surface area contributed by atoms with E-state index in [4.69, 9.17) is 15.0 Å². The first kappa shape index (κ1) is 32.5. The summed E-state index contributed by atoms with van der Waals surface area (Å²) in [7, 11) is 0. The second-order valence-corrected chi connectivity index (χ2v) is 16.8. The van der Waals surface area contributed by atoms with Crippen molar-refractivity contribution in [2.75, 3.05) is 0 Å². The highest BCUT2D eigenvalue weighted by atomic mass is 32.1. The predicted molar refractivity (Wildman–Crippen MR) is 239 cm³/mol. The topological polar surface area (TPSA) is 38.7 Å². The van der Waals surface area contributed by atoms with Crippen LogP contribution in [0.25, 0.3) is 85.6 Å². The smallest absolute Gasteiger partial charge is 0.165 e. The summed E-state index contributed by atoms with van der Waals surface area (Å²) < 4.78 is 4.95. The lowest BCUT2D eigenvalue weighted by Crippen LogP contribution is -2.28. The van der Waals surface area contributed by atoms with E-state index in [0.29, 0.717) is 17.5 Å². The fourth-order valence-corrected chi connectivity index (χ4v) is 11.5. The molecule has 3 heterocycles. The molecule has 5 heteroatoms. The number of benzene rings is 8. The molecule has 12 rings (SSSR count). The number of aromatic nitrogens is 3. The Morgan fingerprint density at radius 3 is 1.65 bits per heavy atom. The van der Waals surface area contributed by atoms with Gasteiger partial charge in [-0.1, -0.05) is 152 Å². The minimum absolute atomic E-state index is 0.531. The lowest BCUT2D eigenvalue weighted by Gasteiger charge is -2.33. The van der Waals surface area contributed by atoms with Crippen LogP contribution in [0.2, 0.25) is 0 Å². The van der Waals surface area contributed by atoms with Crippen LogP contribution in [0.4, 0.5) is 0 Å². The van der Waals surface area contributed by atoms with Crippen molar-refractivity contribution in [1.82, 2.24) is 15.0 Å². The molecule has 0 spiro atoms. The molecular weight excluding hydrogens is 731 g/mol. The van der Waals surface area contributed by atoms with Gasteiger partial charge in [-0.15, -0.1) is 22.7 Å². The van der Waals surface area contributed by atoms with Crippen molar-refractivity contribution < 1.29 is 0 Å². The van der Waals surface area contributed by atoms with Crippen molar-refractivity contribution in [3.8, 4) is 45.3 Å². The van der Waals surface area contributed by atoms with Crippen molar-refractivity contribution in [1.29, 1.82) is 0 Å². The zero-order valence-electron chi connectivity index (χ0n) is 30.6. The van der Waals surface area contributed by atoms with Crippen molar-refractivity contribution in [3.63, 3.8) is 0 Å². The van der Waals surface area contributed by atoms with Gasteiger partial charge in [0, 0.05) is 57.0 Å². The Kier molecular flexibility index (Phi) is 7.18. The highest BCUT2D eigenvalue weighted by molar-refractivity contribution is 7.26. The normalized spacial score (nSPS) is 13.1. The Morgan fingerprint density at radius 1 is 0.351 bits per heavy atom. The van der Waals surface area contributed by atoms with Crippen molar-refractivity contribution in [3.05, 3.63) is 210 Å². The molecule has 0 bridgehead atoms. The molecule has 11 aromatic rings. The second kappa shape index (κ2) is 12.6. The van der Waals surface area contributed by atoms with Crippen LogP contribution >= 0.6 is 22.7 Å². The summed E-state index contributed by atoms with van der Waals surface area (Å²) in [6, 6.07) is 67.8. The number of nitrogens with zero attached hydrogens (tertiary/aromatic N) is 3. The van der Waals surface area contributed by atoms with E-state index in [1.54, 1.807) is 11.3 Å². The minimum atomic E-state index is -0.531. The van der Waals surface area contributed by atoms with Gasteiger partial charge in [-0.25, -0.2) is 15.0 Å². The van der Waals surface area contributed by atoms with Crippen LogP contribution in [0.15, 0.2) is 188 Å². The predicted octanol–water partition coefficient (Wildman–Crippen LogP) is 14.0. The first-order valence-electron chi connectivity index (χ1n) is 19.2. The monoisotopic (exact) mass is 761 g/mol. The Labute approximate surface area is 337 Å². The van der Waals surface area contributed by atoms with Gasteiger partial charge in [0.15, 0.2) is 17.5 Å². The van der Waals surface area contributed by atoms with E-state index in [0.717, 1.165) is 22.3 Å². The van der Waals surface area contributed by atoms with E-state index >= 15 is 0 Å². The van der Waals surface area contributed by atoms with Crippen molar-refractivity contribution >= 4 is 63.0 Å². The summed E-state index contributed by atoms with van der Waals surface area (Å²) in [6.45, 7) is 0. The van der Waals surface area contributed by atoms with E-state index in [2.05, 4.69) is 188 Å². The molecule has 0 saturated carbocycles. The lowest BCUT2D eigenvalue weighted by atomic mass is 9.67. The zero-order valence-corrected chi connectivity index (χ0v) is 32.2. The molecule has 3 nitrogen and oxygen atoms in total. The summed E-state index contributed by atoms with van der Waals surface area (Å²) in [5.74, 6) is 1.99. The average Bonchev–Trinajstić information content (AvgIpc) is 3.95. The van der Waals surface area contributed by atoms with Crippen LogP contribution < -0.4 is 0 Å². The first-order valence-corrected chi connectivity index (χ1v) is 20.8. The maximum absolute atomic E-state index is 5.45. The third kappa shape index (κ3) is 4.80. The highest BCUT2D eigenvalue weighted by Gasteiger charge is 2.47.